The van der Waals surface area contributed by atoms with Gasteiger partial charge in [0.25, 0.3) is 0 Å². The molecule has 0 aromatic heterocycles. The first-order valence-electron chi connectivity index (χ1n) is 10.9. The van der Waals surface area contributed by atoms with Crippen LogP contribution in [0.5, 0.6) is 5.75 Å². The molecule has 0 radical (unpaired) electrons. The van der Waals surface area contributed by atoms with Crippen LogP contribution in [0.15, 0.2) is 57.6 Å². The molecule has 1 fully saturated rings. The van der Waals surface area contributed by atoms with Crippen LogP contribution in [0.25, 0.3) is 10.8 Å². The lowest BCUT2D eigenvalue weighted by Crippen LogP contribution is -2.35. The lowest BCUT2D eigenvalue weighted by molar-refractivity contribution is 0.344. The number of sulfonamides is 2. The molecule has 1 saturated heterocycles. The van der Waals surface area contributed by atoms with Crippen LogP contribution in [0.4, 0.5) is 17.1 Å². The van der Waals surface area contributed by atoms with Gasteiger partial charge >= 0.3 is 0 Å². The van der Waals surface area contributed by atoms with Gasteiger partial charge in [-0.05, 0) is 55.7 Å². The molecular formula is C23H25ClN4O5S2. The van der Waals surface area contributed by atoms with E-state index in [1.54, 1.807) is 18.2 Å². The number of rotatable bonds is 6. The molecule has 4 rings (SSSR count). The number of azo groups is 1. The third-order valence-electron chi connectivity index (χ3n) is 5.72. The summed E-state index contributed by atoms with van der Waals surface area (Å²) in [5.41, 5.74) is 1.49. The van der Waals surface area contributed by atoms with E-state index in [9.17, 15) is 21.9 Å². The number of halogens is 1. The summed E-state index contributed by atoms with van der Waals surface area (Å²) in [7, 11) is -7.70. The van der Waals surface area contributed by atoms with Gasteiger partial charge in [0, 0.05) is 28.9 Å². The minimum atomic E-state index is -4.02. The minimum Gasteiger partial charge on any atom is -0.506 e. The molecule has 2 N–H and O–H groups in total. The van der Waals surface area contributed by atoms with Gasteiger partial charge in [-0.3, -0.25) is 4.72 Å². The molecular weight excluding hydrogens is 512 g/mol. The molecule has 0 amide bonds. The molecule has 12 heteroatoms. The van der Waals surface area contributed by atoms with E-state index in [1.165, 1.54) is 28.6 Å². The summed E-state index contributed by atoms with van der Waals surface area (Å²) < 4.78 is 54.6. The number of aryl methyl sites for hydroxylation is 1. The molecule has 0 unspecified atom stereocenters. The SMILES string of the molecule is Cc1cc(N=Nc2cc(S(=O)(=O)N3CCCCC3)c(O)c3cccc(NS(C)(=O)=O)c23)ccc1Cl. The van der Waals surface area contributed by atoms with Crippen LogP contribution in [0.2, 0.25) is 5.02 Å². The molecule has 1 aliphatic rings. The van der Waals surface area contributed by atoms with Crippen LogP contribution >= 0.6 is 11.6 Å². The van der Waals surface area contributed by atoms with Crippen molar-refractivity contribution in [3.8, 4) is 5.75 Å². The summed E-state index contributed by atoms with van der Waals surface area (Å²) in [6.45, 7) is 2.53. The standard InChI is InChI=1S/C23H25ClN4O5S2/c1-15-13-16(9-10-18(15)24)25-26-20-14-21(35(32,33)28-11-4-3-5-12-28)23(29)17-7-6-8-19(22(17)20)27-34(2,30)31/h6-10,13-14,27,29H,3-5,11-12H2,1-2H3. The van der Waals surface area contributed by atoms with Crippen LogP contribution in [0.3, 0.4) is 0 Å². The minimum absolute atomic E-state index is 0.0905. The molecule has 0 atom stereocenters. The van der Waals surface area contributed by atoms with Crippen molar-refractivity contribution in [2.75, 3.05) is 24.1 Å². The second kappa shape index (κ2) is 9.73. The van der Waals surface area contributed by atoms with E-state index in [4.69, 9.17) is 11.6 Å². The Kier molecular flexibility index (Phi) is 7.05. The fourth-order valence-electron chi connectivity index (χ4n) is 4.03. The van der Waals surface area contributed by atoms with E-state index in [2.05, 4.69) is 15.0 Å². The summed E-state index contributed by atoms with van der Waals surface area (Å²) in [5, 5.41) is 20.5. The molecule has 3 aromatic rings. The largest absolute Gasteiger partial charge is 0.506 e. The Morgan fingerprint density at radius 1 is 1.00 bits per heavy atom. The number of hydrogen-bond acceptors (Lipinski definition) is 7. The lowest BCUT2D eigenvalue weighted by Gasteiger charge is -2.26. The Morgan fingerprint density at radius 2 is 1.71 bits per heavy atom. The van der Waals surface area contributed by atoms with E-state index >= 15 is 0 Å². The zero-order valence-corrected chi connectivity index (χ0v) is 21.6. The highest BCUT2D eigenvalue weighted by Gasteiger charge is 2.31. The molecule has 0 bridgehead atoms. The van der Waals surface area contributed by atoms with Crippen molar-refractivity contribution in [3.05, 3.63) is 53.1 Å². The molecule has 1 aliphatic heterocycles. The summed E-state index contributed by atoms with van der Waals surface area (Å²) >= 11 is 6.08. The topological polar surface area (TPSA) is 128 Å². The number of benzene rings is 3. The van der Waals surface area contributed by atoms with Crippen molar-refractivity contribution in [1.29, 1.82) is 0 Å². The average Bonchev–Trinajstić information content (AvgIpc) is 2.80. The first-order chi connectivity index (χ1) is 16.5. The number of fused-ring (bicyclic) bond motifs is 1. The number of anilines is 1. The molecule has 35 heavy (non-hydrogen) atoms. The van der Waals surface area contributed by atoms with E-state index < -0.39 is 25.8 Å². The van der Waals surface area contributed by atoms with Gasteiger partial charge < -0.3 is 5.11 Å². The zero-order chi connectivity index (χ0) is 25.4. The highest BCUT2D eigenvalue weighted by atomic mass is 35.5. The first kappa shape index (κ1) is 25.4. The van der Waals surface area contributed by atoms with Crippen LogP contribution in [-0.4, -0.2) is 45.6 Å². The Labute approximate surface area is 209 Å². The van der Waals surface area contributed by atoms with Crippen LogP contribution < -0.4 is 4.72 Å². The highest BCUT2D eigenvalue weighted by Crippen LogP contribution is 2.44. The van der Waals surface area contributed by atoms with Gasteiger partial charge in [0.05, 0.1) is 23.3 Å². The predicted octanol–water partition coefficient (Wildman–Crippen LogP) is 5.47. The molecule has 0 aliphatic carbocycles. The van der Waals surface area contributed by atoms with Gasteiger partial charge in [-0.2, -0.15) is 9.42 Å². The van der Waals surface area contributed by atoms with E-state index in [0.717, 1.165) is 31.1 Å². The van der Waals surface area contributed by atoms with Gasteiger partial charge in [-0.1, -0.05) is 30.2 Å². The van der Waals surface area contributed by atoms with Crippen LogP contribution in [0.1, 0.15) is 24.8 Å². The number of hydrogen-bond donors (Lipinski definition) is 2. The van der Waals surface area contributed by atoms with Crippen molar-refractivity contribution in [1.82, 2.24) is 4.31 Å². The maximum absolute atomic E-state index is 13.4. The fourth-order valence-corrected chi connectivity index (χ4v) is 6.35. The summed E-state index contributed by atoms with van der Waals surface area (Å²) in [6, 6.07) is 10.8. The Balaban J connectivity index is 1.95. The number of piperidine rings is 1. The second-order valence-electron chi connectivity index (χ2n) is 8.44. The van der Waals surface area contributed by atoms with Gasteiger partial charge in [-0.25, -0.2) is 16.8 Å². The number of aromatic hydroxyl groups is 1. The Bertz CT molecular complexity index is 1530. The van der Waals surface area contributed by atoms with E-state index in [0.29, 0.717) is 23.8 Å². The highest BCUT2D eigenvalue weighted by molar-refractivity contribution is 7.92. The second-order valence-corrected chi connectivity index (χ2v) is 12.5. The van der Waals surface area contributed by atoms with Crippen LogP contribution in [-0.2, 0) is 20.0 Å². The van der Waals surface area contributed by atoms with Gasteiger partial charge in [0.15, 0.2) is 0 Å². The number of phenols is 1. The van der Waals surface area contributed by atoms with Crippen molar-refractivity contribution in [2.45, 2.75) is 31.1 Å². The smallest absolute Gasteiger partial charge is 0.246 e. The molecule has 1 heterocycles. The van der Waals surface area contributed by atoms with Gasteiger partial charge in [-0.15, -0.1) is 5.11 Å². The van der Waals surface area contributed by atoms with Crippen molar-refractivity contribution in [3.63, 3.8) is 0 Å². The summed E-state index contributed by atoms with van der Waals surface area (Å²) in [6.07, 6.45) is 3.41. The number of nitrogens with one attached hydrogen (secondary N) is 1. The number of nitrogens with zero attached hydrogens (tertiary/aromatic N) is 3. The molecule has 186 valence electrons. The van der Waals surface area contributed by atoms with Gasteiger partial charge in [0.1, 0.15) is 10.6 Å². The molecule has 3 aromatic carbocycles. The van der Waals surface area contributed by atoms with Crippen LogP contribution in [0, 0.1) is 6.92 Å². The third-order valence-corrected chi connectivity index (χ3v) is 8.65. The summed E-state index contributed by atoms with van der Waals surface area (Å²) in [4.78, 5) is -0.301. The zero-order valence-electron chi connectivity index (χ0n) is 19.2. The molecule has 0 saturated carbocycles. The number of phenolic OH excluding ortho intramolecular Hbond substituents is 1. The lowest BCUT2D eigenvalue weighted by atomic mass is 10.1. The maximum atomic E-state index is 13.4. The fraction of sp³-hybridized carbons (Fsp3) is 0.304. The third kappa shape index (κ3) is 5.43. The normalized spacial score (nSPS) is 15.6. The summed E-state index contributed by atoms with van der Waals surface area (Å²) in [5.74, 6) is -0.469. The quantitative estimate of drug-likeness (QED) is 0.404. The Morgan fingerprint density at radius 3 is 2.37 bits per heavy atom. The van der Waals surface area contributed by atoms with Crippen molar-refractivity contribution >= 4 is 59.5 Å². The monoisotopic (exact) mass is 536 g/mol. The molecule has 9 nitrogen and oxygen atoms in total. The predicted molar refractivity (Wildman–Crippen MR) is 137 cm³/mol. The van der Waals surface area contributed by atoms with E-state index in [1.807, 2.05) is 6.92 Å². The molecule has 0 spiro atoms. The maximum Gasteiger partial charge on any atom is 0.246 e. The average molecular weight is 537 g/mol. The van der Waals surface area contributed by atoms with Gasteiger partial charge in [0.2, 0.25) is 20.0 Å². The Hall–Kier alpha value is -2.73. The van der Waals surface area contributed by atoms with E-state index in [-0.39, 0.29) is 27.0 Å². The van der Waals surface area contributed by atoms with Crippen molar-refractivity contribution < 1.29 is 21.9 Å². The van der Waals surface area contributed by atoms with Crippen molar-refractivity contribution in [2.24, 2.45) is 10.2 Å². The first-order valence-corrected chi connectivity index (χ1v) is 14.6.